The predicted molar refractivity (Wildman–Crippen MR) is 72.2 cm³/mol. The number of benzene rings is 1. The molecule has 0 fully saturated rings. The number of furan rings is 1. The van der Waals surface area contributed by atoms with Crippen LogP contribution in [0.25, 0.3) is 0 Å². The van der Waals surface area contributed by atoms with Gasteiger partial charge in [0.15, 0.2) is 0 Å². The largest absolute Gasteiger partial charge is 0.472 e. The highest BCUT2D eigenvalue weighted by molar-refractivity contribution is 5.37. The fourth-order valence-corrected chi connectivity index (χ4v) is 2.99. The van der Waals surface area contributed by atoms with Gasteiger partial charge in [-0.2, -0.15) is 0 Å². The van der Waals surface area contributed by atoms with Gasteiger partial charge in [0.05, 0.1) is 12.5 Å². The van der Waals surface area contributed by atoms with Crippen molar-refractivity contribution in [1.82, 2.24) is 5.32 Å². The first-order chi connectivity index (χ1) is 8.67. The van der Waals surface area contributed by atoms with Crippen molar-refractivity contribution in [1.29, 1.82) is 0 Å². The smallest absolute Gasteiger partial charge is 0.0947 e. The van der Waals surface area contributed by atoms with E-state index in [1.807, 2.05) is 6.07 Å². The van der Waals surface area contributed by atoms with Gasteiger partial charge < -0.3 is 9.73 Å². The third kappa shape index (κ3) is 1.97. The van der Waals surface area contributed by atoms with Crippen molar-refractivity contribution < 1.29 is 4.42 Å². The summed E-state index contributed by atoms with van der Waals surface area (Å²) in [5.41, 5.74) is 4.40. The van der Waals surface area contributed by atoms with Crippen LogP contribution in [-0.4, -0.2) is 0 Å². The van der Waals surface area contributed by atoms with Gasteiger partial charge in [-0.1, -0.05) is 38.1 Å². The first kappa shape index (κ1) is 11.5. The van der Waals surface area contributed by atoms with Gasteiger partial charge >= 0.3 is 0 Å². The molecule has 0 spiro atoms. The van der Waals surface area contributed by atoms with Crippen molar-refractivity contribution >= 4 is 0 Å². The summed E-state index contributed by atoms with van der Waals surface area (Å²) in [7, 11) is 0. The SMILES string of the molecule is CC1(C)Cc2ccccc2C1NCc1ccoc1. The monoisotopic (exact) mass is 241 g/mol. The Morgan fingerprint density at radius 1 is 1.28 bits per heavy atom. The normalized spacial score (nSPS) is 20.9. The highest BCUT2D eigenvalue weighted by Gasteiger charge is 2.38. The van der Waals surface area contributed by atoms with Crippen LogP contribution in [0.2, 0.25) is 0 Å². The quantitative estimate of drug-likeness (QED) is 0.886. The molecule has 1 unspecified atom stereocenters. The number of fused-ring (bicyclic) bond motifs is 1. The highest BCUT2D eigenvalue weighted by atomic mass is 16.3. The standard InChI is InChI=1S/C16H19NO/c1-16(2)9-13-5-3-4-6-14(13)15(16)17-10-12-7-8-18-11-12/h3-8,11,15,17H,9-10H2,1-2H3. The van der Waals surface area contributed by atoms with Gasteiger partial charge in [0, 0.05) is 18.2 Å². The van der Waals surface area contributed by atoms with E-state index < -0.39 is 0 Å². The molecule has 1 atom stereocenters. The molecule has 1 heterocycles. The molecule has 1 aromatic carbocycles. The molecule has 1 N–H and O–H groups in total. The summed E-state index contributed by atoms with van der Waals surface area (Å²) >= 11 is 0. The summed E-state index contributed by atoms with van der Waals surface area (Å²) in [6.07, 6.45) is 4.68. The van der Waals surface area contributed by atoms with Gasteiger partial charge in [-0.3, -0.25) is 0 Å². The molecule has 1 aliphatic rings. The molecule has 2 heteroatoms. The molecular formula is C16H19NO. The zero-order chi connectivity index (χ0) is 12.6. The van der Waals surface area contributed by atoms with E-state index in [0.717, 1.165) is 13.0 Å². The van der Waals surface area contributed by atoms with Gasteiger partial charge in [-0.05, 0) is 29.0 Å². The first-order valence-corrected chi connectivity index (χ1v) is 6.49. The molecule has 1 aromatic heterocycles. The lowest BCUT2D eigenvalue weighted by Crippen LogP contribution is -2.30. The van der Waals surface area contributed by atoms with Gasteiger partial charge in [0.1, 0.15) is 0 Å². The van der Waals surface area contributed by atoms with Crippen molar-refractivity contribution in [2.24, 2.45) is 5.41 Å². The Hall–Kier alpha value is -1.54. The Morgan fingerprint density at radius 2 is 2.11 bits per heavy atom. The lowest BCUT2D eigenvalue weighted by atomic mass is 9.85. The van der Waals surface area contributed by atoms with E-state index in [4.69, 9.17) is 4.42 Å². The van der Waals surface area contributed by atoms with Crippen molar-refractivity contribution in [3.8, 4) is 0 Å². The number of hydrogen-bond donors (Lipinski definition) is 1. The molecule has 0 saturated heterocycles. The Morgan fingerprint density at radius 3 is 2.89 bits per heavy atom. The average molecular weight is 241 g/mol. The Labute approximate surface area is 108 Å². The van der Waals surface area contributed by atoms with E-state index in [-0.39, 0.29) is 5.41 Å². The second kappa shape index (κ2) is 4.29. The van der Waals surface area contributed by atoms with Crippen LogP contribution >= 0.6 is 0 Å². The Kier molecular flexibility index (Phi) is 2.75. The van der Waals surface area contributed by atoms with Crippen molar-refractivity contribution in [2.75, 3.05) is 0 Å². The van der Waals surface area contributed by atoms with Crippen LogP contribution in [0.3, 0.4) is 0 Å². The van der Waals surface area contributed by atoms with Crippen LogP contribution in [0.1, 0.15) is 36.6 Å². The minimum atomic E-state index is 0.271. The minimum Gasteiger partial charge on any atom is -0.472 e. The fraction of sp³-hybridized carbons (Fsp3) is 0.375. The van der Waals surface area contributed by atoms with Gasteiger partial charge in [0.2, 0.25) is 0 Å². The maximum atomic E-state index is 5.11. The highest BCUT2D eigenvalue weighted by Crippen LogP contribution is 2.45. The van der Waals surface area contributed by atoms with Crippen LogP contribution in [0.5, 0.6) is 0 Å². The van der Waals surface area contributed by atoms with Crippen LogP contribution < -0.4 is 5.32 Å². The average Bonchev–Trinajstić information content (AvgIpc) is 2.91. The molecule has 0 radical (unpaired) electrons. The summed E-state index contributed by atoms with van der Waals surface area (Å²) in [4.78, 5) is 0. The number of nitrogens with one attached hydrogen (secondary N) is 1. The van der Waals surface area contributed by atoms with Gasteiger partial charge in [-0.25, -0.2) is 0 Å². The lowest BCUT2D eigenvalue weighted by Gasteiger charge is -2.28. The molecule has 2 aromatic rings. The van der Waals surface area contributed by atoms with Crippen molar-refractivity contribution in [2.45, 2.75) is 32.9 Å². The third-order valence-electron chi connectivity index (χ3n) is 3.88. The number of rotatable bonds is 3. The van der Waals surface area contributed by atoms with E-state index in [0.29, 0.717) is 6.04 Å². The summed E-state index contributed by atoms with van der Waals surface area (Å²) in [5.74, 6) is 0. The Bertz CT molecular complexity index is 528. The zero-order valence-electron chi connectivity index (χ0n) is 10.9. The molecule has 0 bridgehead atoms. The molecular weight excluding hydrogens is 222 g/mol. The van der Waals surface area contributed by atoms with Crippen LogP contribution in [-0.2, 0) is 13.0 Å². The predicted octanol–water partition coefficient (Wildman–Crippen LogP) is 3.69. The molecule has 0 aliphatic heterocycles. The molecule has 0 saturated carbocycles. The van der Waals surface area contributed by atoms with E-state index in [1.54, 1.807) is 12.5 Å². The van der Waals surface area contributed by atoms with Gasteiger partial charge in [0.25, 0.3) is 0 Å². The molecule has 1 aliphatic carbocycles. The maximum Gasteiger partial charge on any atom is 0.0947 e. The second-order valence-electron chi connectivity index (χ2n) is 5.81. The first-order valence-electron chi connectivity index (χ1n) is 6.49. The van der Waals surface area contributed by atoms with Crippen molar-refractivity contribution in [3.63, 3.8) is 0 Å². The summed E-state index contributed by atoms with van der Waals surface area (Å²) in [6, 6.07) is 11.2. The summed E-state index contributed by atoms with van der Waals surface area (Å²) < 4.78 is 5.11. The van der Waals surface area contributed by atoms with E-state index in [1.165, 1.54) is 16.7 Å². The molecule has 0 amide bonds. The molecule has 3 rings (SSSR count). The number of hydrogen-bond acceptors (Lipinski definition) is 2. The molecule has 94 valence electrons. The van der Waals surface area contributed by atoms with Crippen LogP contribution in [0.4, 0.5) is 0 Å². The van der Waals surface area contributed by atoms with Crippen LogP contribution in [0, 0.1) is 5.41 Å². The fourth-order valence-electron chi connectivity index (χ4n) is 2.99. The molecule has 18 heavy (non-hydrogen) atoms. The van der Waals surface area contributed by atoms with Gasteiger partial charge in [-0.15, -0.1) is 0 Å². The molecule has 2 nitrogen and oxygen atoms in total. The lowest BCUT2D eigenvalue weighted by molar-refractivity contribution is 0.268. The summed E-state index contributed by atoms with van der Waals surface area (Å²) in [6.45, 7) is 5.53. The van der Waals surface area contributed by atoms with E-state index in [2.05, 4.69) is 43.4 Å². The summed E-state index contributed by atoms with van der Waals surface area (Å²) in [5, 5.41) is 3.67. The van der Waals surface area contributed by atoms with E-state index >= 15 is 0 Å². The topological polar surface area (TPSA) is 25.2 Å². The minimum absolute atomic E-state index is 0.271. The third-order valence-corrected chi connectivity index (χ3v) is 3.88. The zero-order valence-corrected chi connectivity index (χ0v) is 10.9. The Balaban J connectivity index is 1.81. The van der Waals surface area contributed by atoms with E-state index in [9.17, 15) is 0 Å². The maximum absolute atomic E-state index is 5.11. The van der Waals surface area contributed by atoms with Crippen LogP contribution in [0.15, 0.2) is 47.3 Å². The second-order valence-corrected chi connectivity index (χ2v) is 5.81. The van der Waals surface area contributed by atoms with Crippen molar-refractivity contribution in [3.05, 3.63) is 59.5 Å².